The van der Waals surface area contributed by atoms with Gasteiger partial charge in [-0.05, 0) is 43.7 Å². The van der Waals surface area contributed by atoms with Crippen LogP contribution in [-0.2, 0) is 5.60 Å². The van der Waals surface area contributed by atoms with Gasteiger partial charge in [0, 0.05) is 5.56 Å². The first kappa shape index (κ1) is 19.8. The normalized spacial score (nSPS) is 14.0. The van der Waals surface area contributed by atoms with Crippen molar-refractivity contribution < 1.29 is 27.8 Å². The molecule has 0 radical (unpaired) electrons. The van der Waals surface area contributed by atoms with Gasteiger partial charge in [-0.15, -0.1) is 0 Å². The van der Waals surface area contributed by atoms with Crippen LogP contribution >= 0.6 is 0 Å². The highest BCUT2D eigenvalue weighted by molar-refractivity contribution is 5.94. The van der Waals surface area contributed by atoms with Crippen molar-refractivity contribution in [2.24, 2.45) is 0 Å². The third-order valence-corrected chi connectivity index (χ3v) is 3.71. The third kappa shape index (κ3) is 4.54. The van der Waals surface area contributed by atoms with Crippen molar-refractivity contribution in [2.45, 2.75) is 31.7 Å². The number of rotatable bonds is 6. The van der Waals surface area contributed by atoms with Gasteiger partial charge < -0.3 is 15.2 Å². The van der Waals surface area contributed by atoms with Crippen molar-refractivity contribution in [1.82, 2.24) is 5.32 Å². The molecular formula is C19H20F3NO3. The van der Waals surface area contributed by atoms with Gasteiger partial charge in [-0.2, -0.15) is 13.2 Å². The van der Waals surface area contributed by atoms with Crippen LogP contribution in [0, 0.1) is 0 Å². The van der Waals surface area contributed by atoms with Crippen molar-refractivity contribution in [2.75, 3.05) is 6.54 Å². The van der Waals surface area contributed by atoms with E-state index >= 15 is 0 Å². The van der Waals surface area contributed by atoms with Gasteiger partial charge in [0.05, 0.1) is 12.6 Å². The highest BCUT2D eigenvalue weighted by Gasteiger charge is 2.55. The van der Waals surface area contributed by atoms with E-state index in [2.05, 4.69) is 5.32 Å². The summed E-state index contributed by atoms with van der Waals surface area (Å²) in [7, 11) is 0. The summed E-state index contributed by atoms with van der Waals surface area (Å²) < 4.78 is 45.6. The predicted molar refractivity (Wildman–Crippen MR) is 90.9 cm³/mol. The van der Waals surface area contributed by atoms with Crippen LogP contribution in [0.25, 0.3) is 0 Å². The summed E-state index contributed by atoms with van der Waals surface area (Å²) in [6, 6.07) is 12.7. The summed E-state index contributed by atoms with van der Waals surface area (Å²) in [5.41, 5.74) is -3.35. The van der Waals surface area contributed by atoms with Crippen LogP contribution in [0.3, 0.4) is 0 Å². The molecule has 1 amide bonds. The molecule has 0 aromatic heterocycles. The van der Waals surface area contributed by atoms with E-state index in [1.165, 1.54) is 24.3 Å². The summed E-state index contributed by atoms with van der Waals surface area (Å²) in [4.78, 5) is 12.2. The molecule has 4 nitrogen and oxygen atoms in total. The van der Waals surface area contributed by atoms with E-state index in [0.717, 1.165) is 12.1 Å². The molecule has 0 heterocycles. The largest absolute Gasteiger partial charge is 0.491 e. The Kier molecular flexibility index (Phi) is 5.92. The van der Waals surface area contributed by atoms with E-state index in [9.17, 15) is 23.1 Å². The Hall–Kier alpha value is -2.54. The molecule has 7 heteroatoms. The van der Waals surface area contributed by atoms with E-state index in [1.54, 1.807) is 18.2 Å². The van der Waals surface area contributed by atoms with Crippen LogP contribution in [0.1, 0.15) is 29.8 Å². The van der Waals surface area contributed by atoms with Crippen LogP contribution < -0.4 is 10.1 Å². The zero-order valence-electron chi connectivity index (χ0n) is 14.4. The lowest BCUT2D eigenvalue weighted by Crippen LogP contribution is -2.51. The maximum Gasteiger partial charge on any atom is 0.423 e. The van der Waals surface area contributed by atoms with Gasteiger partial charge >= 0.3 is 6.18 Å². The maximum atomic E-state index is 13.4. The second-order valence-electron chi connectivity index (χ2n) is 6.10. The highest BCUT2D eigenvalue weighted by atomic mass is 19.4. The smallest absolute Gasteiger partial charge is 0.423 e. The number of ether oxygens (including phenoxy) is 1. The van der Waals surface area contributed by atoms with Crippen molar-refractivity contribution in [3.63, 3.8) is 0 Å². The fourth-order valence-electron chi connectivity index (χ4n) is 2.35. The van der Waals surface area contributed by atoms with Crippen LogP contribution in [-0.4, -0.2) is 29.8 Å². The van der Waals surface area contributed by atoms with Crippen LogP contribution in [0.4, 0.5) is 13.2 Å². The Morgan fingerprint density at radius 3 is 2.15 bits per heavy atom. The molecule has 0 fully saturated rings. The number of amides is 1. The van der Waals surface area contributed by atoms with Crippen LogP contribution in [0.2, 0.25) is 0 Å². The predicted octanol–water partition coefficient (Wildman–Crippen LogP) is 3.65. The Morgan fingerprint density at radius 1 is 1.08 bits per heavy atom. The molecule has 0 aliphatic rings. The molecule has 1 atom stereocenters. The fourth-order valence-corrected chi connectivity index (χ4v) is 2.35. The quantitative estimate of drug-likeness (QED) is 0.819. The maximum absolute atomic E-state index is 13.4. The lowest BCUT2D eigenvalue weighted by Gasteiger charge is -2.31. The van der Waals surface area contributed by atoms with Gasteiger partial charge in [0.25, 0.3) is 5.91 Å². The van der Waals surface area contributed by atoms with Gasteiger partial charge in [-0.25, -0.2) is 0 Å². The minimum Gasteiger partial charge on any atom is -0.491 e. The number of alkyl halides is 3. The molecule has 0 bridgehead atoms. The van der Waals surface area contributed by atoms with Crippen molar-refractivity contribution >= 4 is 5.91 Å². The Labute approximate surface area is 149 Å². The molecule has 2 N–H and O–H groups in total. The summed E-state index contributed by atoms with van der Waals surface area (Å²) >= 11 is 0. The van der Waals surface area contributed by atoms with Gasteiger partial charge in [0.1, 0.15) is 5.75 Å². The van der Waals surface area contributed by atoms with Gasteiger partial charge in [0.15, 0.2) is 0 Å². The molecule has 0 saturated heterocycles. The molecule has 0 aliphatic carbocycles. The van der Waals surface area contributed by atoms with Gasteiger partial charge in [0.2, 0.25) is 5.60 Å². The number of aliphatic hydroxyl groups is 1. The summed E-state index contributed by atoms with van der Waals surface area (Å²) in [6.45, 7) is 2.70. The average molecular weight is 367 g/mol. The van der Waals surface area contributed by atoms with Crippen LogP contribution in [0.5, 0.6) is 5.75 Å². The molecule has 140 valence electrons. The lowest BCUT2D eigenvalue weighted by atomic mass is 9.93. The molecule has 2 rings (SSSR count). The monoisotopic (exact) mass is 367 g/mol. The van der Waals surface area contributed by atoms with E-state index in [4.69, 9.17) is 4.74 Å². The Morgan fingerprint density at radius 2 is 1.65 bits per heavy atom. The zero-order chi connectivity index (χ0) is 19.4. The SMILES string of the molecule is CC(C)Oc1ccc(C(=O)NCC(O)(c2ccccc2)C(F)(F)F)cc1. The number of nitrogens with one attached hydrogen (secondary N) is 1. The lowest BCUT2D eigenvalue weighted by molar-refractivity contribution is -0.263. The third-order valence-electron chi connectivity index (χ3n) is 3.71. The van der Waals surface area contributed by atoms with Gasteiger partial charge in [-0.3, -0.25) is 4.79 Å². The summed E-state index contributed by atoms with van der Waals surface area (Å²) in [5.74, 6) is -0.174. The number of carbonyl (C=O) groups excluding carboxylic acids is 1. The molecule has 0 saturated carbocycles. The Bertz CT molecular complexity index is 730. The minimum absolute atomic E-state index is 0.0395. The van der Waals surface area contributed by atoms with E-state index in [0.29, 0.717) is 5.75 Å². The van der Waals surface area contributed by atoms with Crippen molar-refractivity contribution in [1.29, 1.82) is 0 Å². The fraction of sp³-hybridized carbons (Fsp3) is 0.316. The standard InChI is InChI=1S/C19H20F3NO3/c1-13(2)26-16-10-8-14(9-11-16)17(24)23-12-18(25,19(20,21)22)15-6-4-3-5-7-15/h3-11,13,25H,12H2,1-2H3,(H,23,24). The van der Waals surface area contributed by atoms with E-state index in [1.807, 2.05) is 13.8 Å². The average Bonchev–Trinajstić information content (AvgIpc) is 2.59. The molecule has 26 heavy (non-hydrogen) atoms. The number of hydrogen-bond donors (Lipinski definition) is 2. The minimum atomic E-state index is -4.95. The van der Waals surface area contributed by atoms with Gasteiger partial charge in [-0.1, -0.05) is 30.3 Å². The van der Waals surface area contributed by atoms with Crippen molar-refractivity contribution in [3.8, 4) is 5.75 Å². The molecule has 0 spiro atoms. The first-order valence-corrected chi connectivity index (χ1v) is 8.03. The first-order valence-electron chi connectivity index (χ1n) is 8.03. The first-order chi connectivity index (χ1) is 12.1. The molecule has 2 aromatic rings. The molecule has 1 unspecified atom stereocenters. The summed E-state index contributed by atoms with van der Waals surface area (Å²) in [6.07, 6.45) is -4.99. The topological polar surface area (TPSA) is 58.6 Å². The highest BCUT2D eigenvalue weighted by Crippen LogP contribution is 2.38. The van der Waals surface area contributed by atoms with Crippen LogP contribution in [0.15, 0.2) is 54.6 Å². The molecule has 0 aliphatic heterocycles. The number of benzene rings is 2. The van der Waals surface area contributed by atoms with Crippen molar-refractivity contribution in [3.05, 3.63) is 65.7 Å². The second-order valence-corrected chi connectivity index (χ2v) is 6.10. The summed E-state index contributed by atoms with van der Waals surface area (Å²) in [5, 5.41) is 12.4. The number of hydrogen-bond acceptors (Lipinski definition) is 3. The molecular weight excluding hydrogens is 347 g/mol. The molecule has 2 aromatic carbocycles. The zero-order valence-corrected chi connectivity index (χ0v) is 14.4. The van der Waals surface area contributed by atoms with E-state index in [-0.39, 0.29) is 17.2 Å². The number of halogens is 3. The Balaban J connectivity index is 2.12. The number of carbonyl (C=O) groups is 1. The second kappa shape index (κ2) is 7.78. The van der Waals surface area contributed by atoms with E-state index < -0.39 is 24.2 Å².